The van der Waals surface area contributed by atoms with Crippen molar-refractivity contribution in [1.29, 1.82) is 0 Å². The van der Waals surface area contributed by atoms with Gasteiger partial charge in [0.15, 0.2) is 0 Å². The lowest BCUT2D eigenvalue weighted by Crippen LogP contribution is -2.11. The minimum Gasteiger partial charge on any atom is -0.325 e. The summed E-state index contributed by atoms with van der Waals surface area (Å²) in [5, 5.41) is 3.46. The van der Waals surface area contributed by atoms with Gasteiger partial charge in [-0.2, -0.15) is 0 Å². The first-order valence-corrected chi connectivity index (χ1v) is 7.37. The Hall–Kier alpha value is -1.06. The van der Waals surface area contributed by atoms with Crippen LogP contribution >= 0.6 is 11.6 Å². The van der Waals surface area contributed by atoms with Crippen LogP contribution in [-0.2, 0) is 11.2 Å². The topological polar surface area (TPSA) is 55.1 Å². The molecule has 0 fully saturated rings. The first kappa shape index (κ1) is 14.4. The summed E-state index contributed by atoms with van der Waals surface area (Å²) >= 11 is 6.26. The fraction of sp³-hybridized carbons (Fsp3) is 0.533. The number of nitrogens with one attached hydrogen (secondary N) is 1. The molecule has 0 aliphatic carbocycles. The molecule has 1 aromatic rings. The van der Waals surface area contributed by atoms with E-state index in [-0.39, 0.29) is 11.9 Å². The van der Waals surface area contributed by atoms with E-state index in [0.717, 1.165) is 29.7 Å². The number of amides is 1. The van der Waals surface area contributed by atoms with Crippen molar-refractivity contribution in [3.05, 3.63) is 28.3 Å². The average molecular weight is 281 g/mol. The van der Waals surface area contributed by atoms with E-state index < -0.39 is 0 Å². The molecule has 0 saturated heterocycles. The van der Waals surface area contributed by atoms with Gasteiger partial charge in [0.25, 0.3) is 0 Å². The molecular weight excluding hydrogens is 260 g/mol. The molecule has 0 spiro atoms. The lowest BCUT2D eigenvalue weighted by molar-refractivity contribution is -0.115. The van der Waals surface area contributed by atoms with E-state index in [1.54, 1.807) is 0 Å². The smallest absolute Gasteiger partial charge is 0.228 e. The molecule has 19 heavy (non-hydrogen) atoms. The highest BCUT2D eigenvalue weighted by molar-refractivity contribution is 6.32. The normalized spacial score (nSPS) is 15.2. The highest BCUT2D eigenvalue weighted by atomic mass is 35.5. The van der Waals surface area contributed by atoms with Crippen LogP contribution in [0, 0.1) is 0 Å². The Labute approximate surface area is 119 Å². The van der Waals surface area contributed by atoms with Crippen molar-refractivity contribution in [2.75, 3.05) is 5.32 Å². The van der Waals surface area contributed by atoms with Gasteiger partial charge < -0.3 is 11.1 Å². The number of rotatable bonds is 6. The van der Waals surface area contributed by atoms with E-state index in [1.165, 1.54) is 19.3 Å². The number of carbonyl (C=O) groups excluding carboxylic acids is 1. The Balaban J connectivity index is 2.04. The molecule has 1 aliphatic rings. The molecule has 1 amide bonds. The van der Waals surface area contributed by atoms with Gasteiger partial charge in [-0.25, -0.2) is 0 Å². The SMILES string of the molecule is CCCCCCC(N)c1cc2c(cc1Cl)NC(=O)C2. The standard InChI is InChI=1S/C15H21ClN2O/c1-2-3-4-5-6-13(17)11-7-10-8-15(19)18-14(10)9-12(11)16/h7,9,13H,2-6,8,17H2,1H3,(H,18,19). The predicted molar refractivity (Wildman–Crippen MR) is 79.5 cm³/mol. The summed E-state index contributed by atoms with van der Waals surface area (Å²) in [5.74, 6) is 0.0275. The average Bonchev–Trinajstić information content (AvgIpc) is 2.72. The zero-order valence-corrected chi connectivity index (χ0v) is 12.1. The van der Waals surface area contributed by atoms with Gasteiger partial charge in [-0.1, -0.05) is 50.3 Å². The number of unbranched alkanes of at least 4 members (excludes halogenated alkanes) is 3. The monoisotopic (exact) mass is 280 g/mol. The van der Waals surface area contributed by atoms with Gasteiger partial charge in [0, 0.05) is 16.8 Å². The molecule has 0 bridgehead atoms. The van der Waals surface area contributed by atoms with Crippen LogP contribution in [0.3, 0.4) is 0 Å². The van der Waals surface area contributed by atoms with Crippen molar-refractivity contribution in [3.8, 4) is 0 Å². The van der Waals surface area contributed by atoms with E-state index in [0.29, 0.717) is 11.4 Å². The van der Waals surface area contributed by atoms with Gasteiger partial charge in [-0.15, -0.1) is 0 Å². The highest BCUT2D eigenvalue weighted by Crippen LogP contribution is 2.33. The number of carbonyl (C=O) groups is 1. The van der Waals surface area contributed by atoms with Crippen molar-refractivity contribution in [3.63, 3.8) is 0 Å². The molecule has 0 radical (unpaired) electrons. The number of hydrogen-bond donors (Lipinski definition) is 2. The molecule has 1 aliphatic heterocycles. The highest BCUT2D eigenvalue weighted by Gasteiger charge is 2.21. The van der Waals surface area contributed by atoms with Crippen LogP contribution in [0.2, 0.25) is 5.02 Å². The zero-order chi connectivity index (χ0) is 13.8. The Morgan fingerprint density at radius 2 is 2.16 bits per heavy atom. The van der Waals surface area contributed by atoms with Crippen LogP contribution in [0.15, 0.2) is 12.1 Å². The van der Waals surface area contributed by atoms with Crippen molar-refractivity contribution in [2.45, 2.75) is 51.5 Å². The second-order valence-corrected chi connectivity index (χ2v) is 5.62. The van der Waals surface area contributed by atoms with Gasteiger partial charge in [0.05, 0.1) is 6.42 Å². The van der Waals surface area contributed by atoms with Crippen LogP contribution in [0.4, 0.5) is 5.69 Å². The van der Waals surface area contributed by atoms with Crippen LogP contribution in [-0.4, -0.2) is 5.91 Å². The van der Waals surface area contributed by atoms with Gasteiger partial charge in [-0.05, 0) is 23.6 Å². The lowest BCUT2D eigenvalue weighted by Gasteiger charge is -2.15. The fourth-order valence-electron chi connectivity index (χ4n) is 2.50. The first-order valence-electron chi connectivity index (χ1n) is 6.99. The third-order valence-electron chi connectivity index (χ3n) is 3.62. The Morgan fingerprint density at radius 1 is 1.37 bits per heavy atom. The predicted octanol–water partition coefficient (Wildman–Crippen LogP) is 3.80. The third-order valence-corrected chi connectivity index (χ3v) is 3.94. The van der Waals surface area contributed by atoms with Crippen LogP contribution < -0.4 is 11.1 Å². The molecule has 1 heterocycles. The van der Waals surface area contributed by atoms with Gasteiger partial charge >= 0.3 is 0 Å². The number of halogens is 1. The van der Waals surface area contributed by atoms with Gasteiger partial charge in [0.1, 0.15) is 0 Å². The molecule has 4 heteroatoms. The molecule has 3 nitrogen and oxygen atoms in total. The maximum absolute atomic E-state index is 11.4. The molecule has 2 rings (SSSR count). The number of benzene rings is 1. The third kappa shape index (κ3) is 3.48. The maximum Gasteiger partial charge on any atom is 0.228 e. The Kier molecular flexibility index (Phi) is 4.83. The van der Waals surface area contributed by atoms with Crippen molar-refractivity contribution < 1.29 is 4.79 Å². The minimum absolute atomic E-state index is 0.0275. The Bertz CT molecular complexity index is 473. The quantitative estimate of drug-likeness (QED) is 0.779. The summed E-state index contributed by atoms with van der Waals surface area (Å²) in [5.41, 5.74) is 9.02. The van der Waals surface area contributed by atoms with Gasteiger partial charge in [-0.3, -0.25) is 4.79 Å². The minimum atomic E-state index is -0.0367. The molecular formula is C15H21ClN2O. The summed E-state index contributed by atoms with van der Waals surface area (Å²) in [7, 11) is 0. The summed E-state index contributed by atoms with van der Waals surface area (Å²) < 4.78 is 0. The second kappa shape index (κ2) is 6.40. The van der Waals surface area contributed by atoms with Crippen molar-refractivity contribution in [2.24, 2.45) is 5.73 Å². The molecule has 3 N–H and O–H groups in total. The summed E-state index contributed by atoms with van der Waals surface area (Å²) in [4.78, 5) is 11.4. The van der Waals surface area contributed by atoms with E-state index in [9.17, 15) is 4.79 Å². The van der Waals surface area contributed by atoms with Crippen molar-refractivity contribution >= 4 is 23.2 Å². The van der Waals surface area contributed by atoms with E-state index in [1.807, 2.05) is 12.1 Å². The number of fused-ring (bicyclic) bond motifs is 1. The molecule has 0 saturated carbocycles. The first-order chi connectivity index (χ1) is 9.11. The maximum atomic E-state index is 11.4. The van der Waals surface area contributed by atoms with E-state index in [4.69, 9.17) is 17.3 Å². The lowest BCUT2D eigenvalue weighted by atomic mass is 9.98. The molecule has 1 atom stereocenters. The number of hydrogen-bond acceptors (Lipinski definition) is 2. The van der Waals surface area contributed by atoms with E-state index >= 15 is 0 Å². The van der Waals surface area contributed by atoms with Gasteiger partial charge in [0.2, 0.25) is 5.91 Å². The summed E-state index contributed by atoms with van der Waals surface area (Å²) in [6, 6.07) is 3.77. The van der Waals surface area contributed by atoms with E-state index in [2.05, 4.69) is 12.2 Å². The van der Waals surface area contributed by atoms with Crippen LogP contribution in [0.1, 0.15) is 56.2 Å². The molecule has 1 unspecified atom stereocenters. The Morgan fingerprint density at radius 3 is 2.89 bits per heavy atom. The van der Waals surface area contributed by atoms with Crippen LogP contribution in [0.25, 0.3) is 0 Å². The fourth-order valence-corrected chi connectivity index (χ4v) is 2.80. The zero-order valence-electron chi connectivity index (χ0n) is 11.3. The molecule has 1 aromatic carbocycles. The second-order valence-electron chi connectivity index (χ2n) is 5.21. The summed E-state index contributed by atoms with van der Waals surface area (Å²) in [6.07, 6.45) is 6.19. The van der Waals surface area contributed by atoms with Crippen molar-refractivity contribution in [1.82, 2.24) is 0 Å². The van der Waals surface area contributed by atoms with Crippen LogP contribution in [0.5, 0.6) is 0 Å². The molecule has 104 valence electrons. The largest absolute Gasteiger partial charge is 0.325 e. The number of anilines is 1. The molecule has 0 aromatic heterocycles. The summed E-state index contributed by atoms with van der Waals surface area (Å²) in [6.45, 7) is 2.20. The number of nitrogens with two attached hydrogens (primary N) is 1.